The van der Waals surface area contributed by atoms with Crippen LogP contribution in [0, 0.1) is 0 Å². The maximum Gasteiger partial charge on any atom is 0.239 e. The minimum absolute atomic E-state index is 0.0717. The molecule has 0 bridgehead atoms. The number of hydrogen-bond acceptors (Lipinski definition) is 4. The molecule has 1 aliphatic rings. The van der Waals surface area contributed by atoms with E-state index in [1.807, 2.05) is 19.0 Å². The molecule has 16 heavy (non-hydrogen) atoms. The third-order valence-corrected chi connectivity index (χ3v) is 2.76. The van der Waals surface area contributed by atoms with Crippen LogP contribution in [0.4, 0.5) is 0 Å². The fourth-order valence-corrected chi connectivity index (χ4v) is 1.72. The molecular weight excluding hydrogens is 206 g/mol. The first-order valence-electron chi connectivity index (χ1n) is 5.88. The van der Waals surface area contributed by atoms with Gasteiger partial charge in [-0.2, -0.15) is 0 Å². The minimum atomic E-state index is -0.296. The average molecular weight is 229 g/mol. The maximum atomic E-state index is 11.6. The van der Waals surface area contributed by atoms with Gasteiger partial charge in [-0.15, -0.1) is 0 Å². The Labute approximate surface area is 97.5 Å². The van der Waals surface area contributed by atoms with Gasteiger partial charge in [0, 0.05) is 19.6 Å². The van der Waals surface area contributed by atoms with Crippen molar-refractivity contribution in [3.63, 3.8) is 0 Å². The van der Waals surface area contributed by atoms with E-state index < -0.39 is 0 Å². The van der Waals surface area contributed by atoms with E-state index in [9.17, 15) is 4.79 Å². The summed E-state index contributed by atoms with van der Waals surface area (Å²) in [6.45, 7) is 3.71. The maximum absolute atomic E-state index is 11.6. The van der Waals surface area contributed by atoms with Crippen LogP contribution in [0.2, 0.25) is 0 Å². The second-order valence-corrected chi connectivity index (χ2v) is 4.49. The normalized spacial score (nSPS) is 21.9. The van der Waals surface area contributed by atoms with Crippen molar-refractivity contribution in [1.82, 2.24) is 9.80 Å². The predicted octanol–water partition coefficient (Wildman–Crippen LogP) is -0.486. The Kier molecular flexibility index (Phi) is 5.73. The zero-order chi connectivity index (χ0) is 12.0. The molecule has 1 saturated heterocycles. The molecular formula is C11H23N3O2. The number of ether oxygens (including phenoxy) is 1. The van der Waals surface area contributed by atoms with E-state index in [-0.39, 0.29) is 11.9 Å². The van der Waals surface area contributed by atoms with Crippen LogP contribution in [0.5, 0.6) is 0 Å². The lowest BCUT2D eigenvalue weighted by atomic mass is 10.1. The number of likely N-dealkylation sites (N-methyl/N-ethyl adjacent to an activating group) is 1. The van der Waals surface area contributed by atoms with Crippen LogP contribution in [0.1, 0.15) is 12.8 Å². The summed E-state index contributed by atoms with van der Waals surface area (Å²) in [5, 5.41) is 0. The van der Waals surface area contributed by atoms with Crippen molar-refractivity contribution < 1.29 is 9.53 Å². The smallest absolute Gasteiger partial charge is 0.239 e. The summed E-state index contributed by atoms with van der Waals surface area (Å²) in [6, 6.07) is -0.296. The molecule has 1 unspecified atom stereocenters. The fourth-order valence-electron chi connectivity index (χ4n) is 1.72. The van der Waals surface area contributed by atoms with Gasteiger partial charge in [0.1, 0.15) is 0 Å². The Hall–Kier alpha value is -0.650. The highest BCUT2D eigenvalue weighted by molar-refractivity contribution is 5.82. The van der Waals surface area contributed by atoms with E-state index in [0.29, 0.717) is 19.8 Å². The molecule has 1 amide bonds. The average Bonchev–Trinajstić information content (AvgIpc) is 2.23. The van der Waals surface area contributed by atoms with E-state index in [1.54, 1.807) is 0 Å². The van der Waals surface area contributed by atoms with Crippen molar-refractivity contribution in [3.05, 3.63) is 0 Å². The molecule has 2 N–H and O–H groups in total. The van der Waals surface area contributed by atoms with Crippen molar-refractivity contribution in [2.45, 2.75) is 18.9 Å². The molecule has 0 aliphatic carbocycles. The molecule has 1 aliphatic heterocycles. The molecule has 5 heteroatoms. The Balaban J connectivity index is 2.10. The van der Waals surface area contributed by atoms with Gasteiger partial charge < -0.3 is 20.3 Å². The van der Waals surface area contributed by atoms with Crippen LogP contribution in [0.3, 0.4) is 0 Å². The first kappa shape index (κ1) is 13.4. The summed E-state index contributed by atoms with van der Waals surface area (Å²) in [5.41, 5.74) is 5.70. The number of amides is 1. The number of piperidine rings is 1. The SMILES string of the molecule is CN(C)CCOCCN1CCCC(N)C1=O. The summed E-state index contributed by atoms with van der Waals surface area (Å²) in [4.78, 5) is 15.5. The number of rotatable bonds is 6. The van der Waals surface area contributed by atoms with Crippen molar-refractivity contribution in [3.8, 4) is 0 Å². The van der Waals surface area contributed by atoms with Crippen LogP contribution in [0.15, 0.2) is 0 Å². The third-order valence-electron chi connectivity index (χ3n) is 2.76. The lowest BCUT2D eigenvalue weighted by molar-refractivity contribution is -0.135. The Morgan fingerprint density at radius 2 is 2.25 bits per heavy atom. The number of carbonyl (C=O) groups excluding carboxylic acids is 1. The van der Waals surface area contributed by atoms with Crippen molar-refractivity contribution >= 4 is 5.91 Å². The molecule has 0 radical (unpaired) electrons. The lowest BCUT2D eigenvalue weighted by Gasteiger charge is -2.30. The summed E-state index contributed by atoms with van der Waals surface area (Å²) in [7, 11) is 4.02. The second kappa shape index (κ2) is 6.83. The molecule has 1 fully saturated rings. The standard InChI is InChI=1S/C11H23N3O2/c1-13(2)6-8-16-9-7-14-5-3-4-10(12)11(14)15/h10H,3-9,12H2,1-2H3. The molecule has 0 saturated carbocycles. The topological polar surface area (TPSA) is 58.8 Å². The Bertz CT molecular complexity index is 221. The summed E-state index contributed by atoms with van der Waals surface area (Å²) in [6.07, 6.45) is 1.82. The predicted molar refractivity (Wildman–Crippen MR) is 63.2 cm³/mol. The molecule has 1 rings (SSSR count). The zero-order valence-electron chi connectivity index (χ0n) is 10.3. The van der Waals surface area contributed by atoms with E-state index in [4.69, 9.17) is 10.5 Å². The summed E-state index contributed by atoms with van der Waals surface area (Å²) in [5.74, 6) is 0.0717. The number of nitrogens with zero attached hydrogens (tertiary/aromatic N) is 2. The van der Waals surface area contributed by atoms with Gasteiger partial charge in [0.2, 0.25) is 5.91 Å². The highest BCUT2D eigenvalue weighted by atomic mass is 16.5. The van der Waals surface area contributed by atoms with Crippen LogP contribution in [-0.4, -0.2) is 68.7 Å². The minimum Gasteiger partial charge on any atom is -0.378 e. The van der Waals surface area contributed by atoms with Gasteiger partial charge in [-0.3, -0.25) is 4.79 Å². The van der Waals surface area contributed by atoms with Crippen molar-refractivity contribution in [1.29, 1.82) is 0 Å². The van der Waals surface area contributed by atoms with Crippen LogP contribution < -0.4 is 5.73 Å². The van der Waals surface area contributed by atoms with E-state index in [0.717, 1.165) is 25.9 Å². The zero-order valence-corrected chi connectivity index (χ0v) is 10.3. The quantitative estimate of drug-likeness (QED) is 0.625. The van der Waals surface area contributed by atoms with Gasteiger partial charge in [0.05, 0.1) is 19.3 Å². The molecule has 5 nitrogen and oxygen atoms in total. The molecule has 94 valence electrons. The van der Waals surface area contributed by atoms with Crippen molar-refractivity contribution in [2.75, 3.05) is 46.9 Å². The van der Waals surface area contributed by atoms with E-state index >= 15 is 0 Å². The highest BCUT2D eigenvalue weighted by Gasteiger charge is 2.24. The van der Waals surface area contributed by atoms with Crippen LogP contribution >= 0.6 is 0 Å². The number of likely N-dealkylation sites (tertiary alicyclic amines) is 1. The highest BCUT2D eigenvalue weighted by Crippen LogP contribution is 2.09. The molecule has 1 atom stereocenters. The van der Waals surface area contributed by atoms with E-state index in [2.05, 4.69) is 4.90 Å². The molecule has 0 aromatic rings. The van der Waals surface area contributed by atoms with Crippen molar-refractivity contribution in [2.24, 2.45) is 5.73 Å². The van der Waals surface area contributed by atoms with Gasteiger partial charge >= 0.3 is 0 Å². The van der Waals surface area contributed by atoms with Gasteiger partial charge in [-0.1, -0.05) is 0 Å². The Morgan fingerprint density at radius 1 is 1.50 bits per heavy atom. The van der Waals surface area contributed by atoms with Gasteiger partial charge in [-0.05, 0) is 26.9 Å². The monoisotopic (exact) mass is 229 g/mol. The fraction of sp³-hybridized carbons (Fsp3) is 0.909. The molecule has 0 aromatic carbocycles. The number of hydrogen-bond donors (Lipinski definition) is 1. The summed E-state index contributed by atoms with van der Waals surface area (Å²) < 4.78 is 5.45. The second-order valence-electron chi connectivity index (χ2n) is 4.49. The molecule has 0 spiro atoms. The molecule has 1 heterocycles. The van der Waals surface area contributed by atoms with Crippen LogP contribution in [-0.2, 0) is 9.53 Å². The largest absolute Gasteiger partial charge is 0.378 e. The third kappa shape index (κ3) is 4.47. The van der Waals surface area contributed by atoms with Gasteiger partial charge in [0.15, 0.2) is 0 Å². The summed E-state index contributed by atoms with van der Waals surface area (Å²) >= 11 is 0. The van der Waals surface area contributed by atoms with Gasteiger partial charge in [-0.25, -0.2) is 0 Å². The number of nitrogens with two attached hydrogens (primary N) is 1. The van der Waals surface area contributed by atoms with Gasteiger partial charge in [0.25, 0.3) is 0 Å². The van der Waals surface area contributed by atoms with E-state index in [1.165, 1.54) is 0 Å². The number of carbonyl (C=O) groups is 1. The lowest BCUT2D eigenvalue weighted by Crippen LogP contribution is -2.49. The molecule has 0 aromatic heterocycles. The first-order chi connectivity index (χ1) is 7.61. The van der Waals surface area contributed by atoms with Crippen LogP contribution in [0.25, 0.3) is 0 Å². The first-order valence-corrected chi connectivity index (χ1v) is 5.88. The Morgan fingerprint density at radius 3 is 2.94 bits per heavy atom.